The Hall–Kier alpha value is -3.21. The molecule has 0 aromatic heterocycles. The zero-order chi connectivity index (χ0) is 43.1. The van der Waals surface area contributed by atoms with Crippen molar-refractivity contribution >= 4 is 35.3 Å². The molecule has 58 heavy (non-hydrogen) atoms. The number of halogens is 1. The Bertz CT molecular complexity index is 1570. The minimum Gasteiger partial charge on any atom is -0.477 e. The lowest BCUT2D eigenvalue weighted by atomic mass is 9.88. The van der Waals surface area contributed by atoms with E-state index in [2.05, 4.69) is 16.0 Å². The zero-order valence-corrected chi connectivity index (χ0v) is 32.0. The van der Waals surface area contributed by atoms with Gasteiger partial charge in [-0.15, -0.1) is 0 Å². The largest absolute Gasteiger partial charge is 0.477 e. The molecule has 3 aliphatic rings. The number of nitrogens with two attached hydrogens (primary N) is 1. The highest BCUT2D eigenvalue weighted by atomic mass is 35.5. The van der Waals surface area contributed by atoms with Crippen molar-refractivity contribution in [2.75, 3.05) is 32.9 Å². The number of aliphatic hydroxyl groups excluding tert-OH is 8. The molecule has 0 bridgehead atoms. The molecule has 0 aliphatic carbocycles. The summed E-state index contributed by atoms with van der Waals surface area (Å²) in [7, 11) is 0. The molecule has 3 heterocycles. The van der Waals surface area contributed by atoms with Gasteiger partial charge in [0.2, 0.25) is 11.8 Å². The number of carboxylic acid groups (broad SMARTS) is 1. The number of aliphatic hydroxyl groups is 8. The number of benzene rings is 1. The van der Waals surface area contributed by atoms with Crippen molar-refractivity contribution in [1.29, 1.82) is 0 Å². The number of amides is 3. The van der Waals surface area contributed by atoms with Gasteiger partial charge in [-0.3, -0.25) is 14.4 Å². The number of ether oxygens (including phenoxy) is 6. The topological polar surface area (TPSA) is 368 Å². The molecule has 24 heteroatoms. The first-order chi connectivity index (χ1) is 27.3. The summed E-state index contributed by atoms with van der Waals surface area (Å²) in [5.41, 5.74) is 5.53. The van der Waals surface area contributed by atoms with E-state index >= 15 is 0 Å². The molecule has 3 fully saturated rings. The van der Waals surface area contributed by atoms with Gasteiger partial charge in [-0.25, -0.2) is 4.79 Å². The lowest BCUT2D eigenvalue weighted by Gasteiger charge is -2.48. The van der Waals surface area contributed by atoms with Crippen molar-refractivity contribution in [3.8, 4) is 0 Å². The van der Waals surface area contributed by atoms with Crippen LogP contribution in [-0.4, -0.2) is 200 Å². The van der Waals surface area contributed by atoms with Gasteiger partial charge in [0.15, 0.2) is 12.6 Å². The molecule has 328 valence electrons. The maximum atomic E-state index is 12.8. The standard InChI is InChI=1S/C34H51ClN4O19/c1-13(41)38-21-17(43)9-34(33(51)52,58-29(21)23(45)18(44)10-37-30(50)15-5-3-4-6-16(15)35)54-12-20-24(46)26(48)27(49)32(56-20)57-28-19(11-40)55-31(53-8-7-36)22(25(28)47)39-14(2)42/h3-6,17-29,31-32,40,43-49H,7-12,36H2,1-2H3,(H,37,50)(H,38,41)(H,39,42)(H,51,52)/t17-,18+,19+,20+,21+,22+,23+,24-,25+,26-,27+,28+,29+,31+,32-,34+/m0/s1. The molecular weight excluding hydrogens is 804 g/mol. The summed E-state index contributed by atoms with van der Waals surface area (Å²) in [6.45, 7) is -0.273. The van der Waals surface area contributed by atoms with E-state index in [0.717, 1.165) is 13.8 Å². The maximum absolute atomic E-state index is 12.8. The van der Waals surface area contributed by atoms with Gasteiger partial charge >= 0.3 is 5.97 Å². The first-order valence-corrected chi connectivity index (χ1v) is 18.5. The molecule has 16 atom stereocenters. The molecule has 3 amide bonds. The van der Waals surface area contributed by atoms with Crippen LogP contribution in [0.25, 0.3) is 0 Å². The van der Waals surface area contributed by atoms with Crippen molar-refractivity contribution in [1.82, 2.24) is 16.0 Å². The number of carbonyl (C=O) groups excluding carboxylic acids is 3. The Morgan fingerprint density at radius 3 is 2.17 bits per heavy atom. The molecule has 23 nitrogen and oxygen atoms in total. The molecular formula is C34H51ClN4O19. The van der Waals surface area contributed by atoms with Crippen LogP contribution >= 0.6 is 11.6 Å². The van der Waals surface area contributed by atoms with Crippen molar-refractivity contribution in [2.45, 2.75) is 118 Å². The zero-order valence-electron chi connectivity index (χ0n) is 31.3. The Labute approximate surface area is 335 Å². The third-order valence-corrected chi connectivity index (χ3v) is 9.98. The quantitative estimate of drug-likeness (QED) is 0.0693. The third-order valence-electron chi connectivity index (χ3n) is 9.65. The molecule has 0 spiro atoms. The average molecular weight is 855 g/mol. The second-order valence-corrected chi connectivity index (χ2v) is 14.3. The van der Waals surface area contributed by atoms with Crippen molar-refractivity contribution in [3.63, 3.8) is 0 Å². The smallest absolute Gasteiger partial charge is 0.364 e. The average Bonchev–Trinajstić information content (AvgIpc) is 3.17. The number of rotatable bonds is 17. The Morgan fingerprint density at radius 2 is 1.57 bits per heavy atom. The summed E-state index contributed by atoms with van der Waals surface area (Å²) in [5.74, 6) is -6.90. The van der Waals surface area contributed by atoms with E-state index in [1.54, 1.807) is 6.07 Å². The fourth-order valence-electron chi connectivity index (χ4n) is 6.72. The Balaban J connectivity index is 1.53. The van der Waals surface area contributed by atoms with Crippen LogP contribution in [-0.2, 0) is 42.8 Å². The van der Waals surface area contributed by atoms with E-state index < -0.39 is 147 Å². The van der Waals surface area contributed by atoms with Gasteiger partial charge in [0, 0.05) is 33.4 Å². The highest BCUT2D eigenvalue weighted by Crippen LogP contribution is 2.35. The lowest BCUT2D eigenvalue weighted by molar-refractivity contribution is -0.359. The number of hydrogen-bond acceptors (Lipinski definition) is 19. The van der Waals surface area contributed by atoms with Gasteiger partial charge < -0.3 is 96.1 Å². The van der Waals surface area contributed by atoms with Crippen LogP contribution < -0.4 is 21.7 Å². The van der Waals surface area contributed by atoms with Gasteiger partial charge in [0.1, 0.15) is 61.0 Å². The monoisotopic (exact) mass is 854 g/mol. The molecule has 4 rings (SSSR count). The van der Waals surface area contributed by atoms with Crippen LogP contribution in [0.3, 0.4) is 0 Å². The Kier molecular flexibility index (Phi) is 17.1. The van der Waals surface area contributed by atoms with Gasteiger partial charge in [0.05, 0.1) is 48.7 Å². The second kappa shape index (κ2) is 20.9. The summed E-state index contributed by atoms with van der Waals surface area (Å²) in [4.78, 5) is 49.5. The van der Waals surface area contributed by atoms with E-state index in [1.165, 1.54) is 18.2 Å². The molecule has 1 aromatic carbocycles. The maximum Gasteiger partial charge on any atom is 0.364 e. The molecule has 14 N–H and O–H groups in total. The number of hydrogen-bond donors (Lipinski definition) is 13. The Morgan fingerprint density at radius 1 is 0.931 bits per heavy atom. The molecule has 3 aliphatic heterocycles. The van der Waals surface area contributed by atoms with Crippen molar-refractivity contribution in [2.24, 2.45) is 5.73 Å². The summed E-state index contributed by atoms with van der Waals surface area (Å²) in [6.07, 6.45) is -24.5. The summed E-state index contributed by atoms with van der Waals surface area (Å²) < 4.78 is 33.9. The van der Waals surface area contributed by atoms with Crippen molar-refractivity contribution < 1.29 is 93.6 Å². The first kappa shape index (κ1) is 47.5. The second-order valence-electron chi connectivity index (χ2n) is 13.9. The first-order valence-electron chi connectivity index (χ1n) is 18.1. The fraction of sp³-hybridized carbons (Fsp3) is 0.706. The van der Waals surface area contributed by atoms with Crippen LogP contribution in [0, 0.1) is 0 Å². The predicted octanol–water partition coefficient (Wildman–Crippen LogP) is -6.01. The van der Waals surface area contributed by atoms with Crippen LogP contribution in [0.2, 0.25) is 5.02 Å². The molecule has 0 saturated carbocycles. The summed E-state index contributed by atoms with van der Waals surface area (Å²) in [6, 6.07) is 3.09. The van der Waals surface area contributed by atoms with Gasteiger partial charge in [0.25, 0.3) is 11.7 Å². The minimum absolute atomic E-state index is 0.0363. The van der Waals surface area contributed by atoms with Crippen LogP contribution in [0.4, 0.5) is 0 Å². The lowest BCUT2D eigenvalue weighted by Crippen LogP contribution is -2.69. The SMILES string of the molecule is CC(=O)N[C@H]1[C@H](OCCN)O[C@H](CO)[C@@H](O[C@@H]2O[C@H](CO[C@]3(C(=O)O)C[C@H](O)[C@@H](NC(C)=O)[C@H]([C@H](O)[C@H](O)CNC(=O)c4ccccc4Cl)O3)[C@H](O)[C@H](O)[C@H]2O)[C@@H]1O. The van der Waals surface area contributed by atoms with Crippen LogP contribution in [0.15, 0.2) is 24.3 Å². The highest BCUT2D eigenvalue weighted by Gasteiger charge is 2.57. The van der Waals surface area contributed by atoms with Crippen LogP contribution in [0.5, 0.6) is 0 Å². The van der Waals surface area contributed by atoms with Gasteiger partial charge in [-0.2, -0.15) is 0 Å². The third kappa shape index (κ3) is 11.1. The highest BCUT2D eigenvalue weighted by molar-refractivity contribution is 6.33. The van der Waals surface area contributed by atoms with E-state index in [1.807, 2.05) is 0 Å². The van der Waals surface area contributed by atoms with Crippen LogP contribution in [0.1, 0.15) is 30.6 Å². The number of carboxylic acids is 1. The van der Waals surface area contributed by atoms with Gasteiger partial charge in [-0.05, 0) is 12.1 Å². The van der Waals surface area contributed by atoms with Crippen molar-refractivity contribution in [3.05, 3.63) is 34.9 Å². The number of nitrogens with one attached hydrogen (secondary N) is 3. The van der Waals surface area contributed by atoms with Gasteiger partial charge in [-0.1, -0.05) is 23.7 Å². The van der Waals surface area contributed by atoms with E-state index in [0.29, 0.717) is 0 Å². The minimum atomic E-state index is -2.90. The number of carbonyl (C=O) groups is 4. The van der Waals surface area contributed by atoms with E-state index in [4.69, 9.17) is 45.8 Å². The summed E-state index contributed by atoms with van der Waals surface area (Å²) in [5, 5.41) is 105. The molecule has 0 unspecified atom stereocenters. The fourth-order valence-corrected chi connectivity index (χ4v) is 6.94. The molecule has 3 saturated heterocycles. The predicted molar refractivity (Wildman–Crippen MR) is 191 cm³/mol. The summed E-state index contributed by atoms with van der Waals surface area (Å²) >= 11 is 6.05. The number of aliphatic carboxylic acids is 1. The molecule has 1 aromatic rings. The normalized spacial score (nSPS) is 36.3. The van der Waals surface area contributed by atoms with E-state index in [9.17, 15) is 65.1 Å². The molecule has 0 radical (unpaired) electrons. The van der Waals surface area contributed by atoms with E-state index in [-0.39, 0.29) is 23.7 Å².